The van der Waals surface area contributed by atoms with Gasteiger partial charge in [0.2, 0.25) is 5.88 Å². The van der Waals surface area contributed by atoms with E-state index in [4.69, 9.17) is 4.74 Å². The number of carbonyl (C=O) groups excluding carboxylic acids is 1. The van der Waals surface area contributed by atoms with Crippen molar-refractivity contribution in [2.75, 3.05) is 0 Å². The number of nitrogens with zero attached hydrogens (tertiary/aromatic N) is 1. The maximum absolute atomic E-state index is 11.4. The highest BCUT2D eigenvalue weighted by Gasteiger charge is 2.20. The van der Waals surface area contributed by atoms with Crippen LogP contribution in [0.1, 0.15) is 49.2 Å². The van der Waals surface area contributed by atoms with Crippen LogP contribution < -0.4 is 4.74 Å². The minimum atomic E-state index is -0.0282. The molecule has 3 heteroatoms. The van der Waals surface area contributed by atoms with E-state index in [1.165, 1.54) is 12.5 Å². The van der Waals surface area contributed by atoms with Gasteiger partial charge in [-0.05, 0) is 31.4 Å². The van der Waals surface area contributed by atoms with Crippen molar-refractivity contribution in [3.8, 4) is 11.6 Å². The zero-order chi connectivity index (χ0) is 15.6. The zero-order valence-electron chi connectivity index (χ0n) is 13.2. The molecule has 110 valence electrons. The highest BCUT2D eigenvalue weighted by molar-refractivity contribution is 5.94. The monoisotopic (exact) mass is 283 g/mol. The van der Waals surface area contributed by atoms with Crippen molar-refractivity contribution < 1.29 is 9.53 Å². The quantitative estimate of drug-likeness (QED) is 0.768. The molecule has 0 saturated carbocycles. The Bertz CT molecular complexity index is 669. The molecule has 0 aliphatic carbocycles. The van der Waals surface area contributed by atoms with Crippen LogP contribution in [0.4, 0.5) is 0 Å². The Balaban J connectivity index is 2.40. The highest BCUT2D eigenvalue weighted by Crippen LogP contribution is 2.34. The number of carbonyl (C=O) groups is 1. The summed E-state index contributed by atoms with van der Waals surface area (Å²) in [6.45, 7) is 10.0. The Hall–Kier alpha value is -2.16. The van der Waals surface area contributed by atoms with E-state index in [1.807, 2.05) is 12.1 Å². The van der Waals surface area contributed by atoms with Crippen molar-refractivity contribution in [2.45, 2.75) is 40.0 Å². The van der Waals surface area contributed by atoms with E-state index in [2.05, 4.69) is 38.7 Å². The van der Waals surface area contributed by atoms with Crippen LogP contribution >= 0.6 is 0 Å². The molecule has 1 heterocycles. The normalized spacial score (nSPS) is 11.3. The highest BCUT2D eigenvalue weighted by atomic mass is 16.5. The number of rotatable bonds is 3. The topological polar surface area (TPSA) is 39.2 Å². The summed E-state index contributed by atoms with van der Waals surface area (Å²) < 4.78 is 5.92. The predicted molar refractivity (Wildman–Crippen MR) is 84.2 cm³/mol. The van der Waals surface area contributed by atoms with Gasteiger partial charge in [-0.15, -0.1) is 0 Å². The molecule has 0 fully saturated rings. The van der Waals surface area contributed by atoms with Gasteiger partial charge in [0.25, 0.3) is 0 Å². The van der Waals surface area contributed by atoms with E-state index >= 15 is 0 Å². The summed E-state index contributed by atoms with van der Waals surface area (Å²) in [5, 5.41) is 0. The van der Waals surface area contributed by atoms with Gasteiger partial charge in [-0.3, -0.25) is 4.79 Å². The van der Waals surface area contributed by atoms with Crippen molar-refractivity contribution in [3.05, 3.63) is 53.2 Å². The maximum Gasteiger partial charge on any atom is 0.219 e. The molecule has 0 spiro atoms. The number of ether oxygens (including phenoxy) is 1. The molecule has 0 unspecified atom stereocenters. The van der Waals surface area contributed by atoms with Crippen LogP contribution in [0.25, 0.3) is 0 Å². The third-order valence-electron chi connectivity index (χ3n) is 3.30. The minimum Gasteiger partial charge on any atom is -0.439 e. The van der Waals surface area contributed by atoms with Gasteiger partial charge in [-0.25, -0.2) is 4.98 Å². The third kappa shape index (κ3) is 3.69. The summed E-state index contributed by atoms with van der Waals surface area (Å²) in [4.78, 5) is 15.6. The molecule has 1 aromatic carbocycles. The van der Waals surface area contributed by atoms with Crippen LogP contribution in [-0.2, 0) is 5.41 Å². The molecule has 0 N–H and O–H groups in total. The molecule has 0 aliphatic heterocycles. The van der Waals surface area contributed by atoms with E-state index in [0.29, 0.717) is 11.4 Å². The maximum atomic E-state index is 11.4. The molecule has 0 amide bonds. The number of hydrogen-bond donors (Lipinski definition) is 0. The fourth-order valence-corrected chi connectivity index (χ4v) is 2.12. The Morgan fingerprint density at radius 2 is 1.86 bits per heavy atom. The van der Waals surface area contributed by atoms with Crippen molar-refractivity contribution in [3.63, 3.8) is 0 Å². The van der Waals surface area contributed by atoms with Gasteiger partial charge in [0.05, 0.1) is 0 Å². The molecular formula is C18H21NO2. The number of ketones is 1. The van der Waals surface area contributed by atoms with Crippen molar-refractivity contribution >= 4 is 5.78 Å². The first-order valence-electron chi connectivity index (χ1n) is 7.03. The van der Waals surface area contributed by atoms with Crippen LogP contribution in [-0.4, -0.2) is 10.8 Å². The molecule has 1 aromatic heterocycles. The number of benzene rings is 1. The molecule has 0 aliphatic rings. The second-order valence-corrected chi connectivity index (χ2v) is 6.29. The lowest BCUT2D eigenvalue weighted by molar-refractivity contribution is 0.101. The Kier molecular flexibility index (Phi) is 4.12. The summed E-state index contributed by atoms with van der Waals surface area (Å²) in [6, 6.07) is 9.46. The lowest BCUT2D eigenvalue weighted by Crippen LogP contribution is -2.13. The van der Waals surface area contributed by atoms with Gasteiger partial charge in [0.15, 0.2) is 5.78 Å². The van der Waals surface area contributed by atoms with Gasteiger partial charge in [-0.1, -0.05) is 38.5 Å². The Morgan fingerprint density at radius 3 is 2.48 bits per heavy atom. The summed E-state index contributed by atoms with van der Waals surface area (Å²) >= 11 is 0. The second kappa shape index (κ2) is 5.68. The van der Waals surface area contributed by atoms with E-state index in [-0.39, 0.29) is 11.2 Å². The van der Waals surface area contributed by atoms with Crippen molar-refractivity contribution in [1.82, 2.24) is 4.98 Å². The van der Waals surface area contributed by atoms with E-state index < -0.39 is 0 Å². The molecule has 0 atom stereocenters. The lowest BCUT2D eigenvalue weighted by Gasteiger charge is -2.23. The second-order valence-electron chi connectivity index (χ2n) is 6.29. The summed E-state index contributed by atoms with van der Waals surface area (Å²) in [6.07, 6.45) is 1.59. The van der Waals surface area contributed by atoms with Gasteiger partial charge in [0.1, 0.15) is 5.75 Å². The number of aryl methyl sites for hydroxylation is 1. The average Bonchev–Trinajstić information content (AvgIpc) is 2.40. The van der Waals surface area contributed by atoms with Gasteiger partial charge in [0, 0.05) is 23.4 Å². The van der Waals surface area contributed by atoms with E-state index in [9.17, 15) is 4.79 Å². The third-order valence-corrected chi connectivity index (χ3v) is 3.30. The lowest BCUT2D eigenvalue weighted by atomic mass is 9.85. The molecule has 2 aromatic rings. The number of Topliss-reactive ketones (excluding diaryl/α,β-unsaturated/α-hetero) is 1. The molecule has 0 bridgehead atoms. The molecule has 2 rings (SSSR count). The molecular weight excluding hydrogens is 262 g/mol. The number of aromatic nitrogens is 1. The van der Waals surface area contributed by atoms with Crippen LogP contribution in [0.3, 0.4) is 0 Å². The van der Waals surface area contributed by atoms with E-state index in [0.717, 1.165) is 11.3 Å². The smallest absolute Gasteiger partial charge is 0.219 e. The van der Waals surface area contributed by atoms with Gasteiger partial charge >= 0.3 is 0 Å². The minimum absolute atomic E-state index is 0.00204. The molecule has 21 heavy (non-hydrogen) atoms. The van der Waals surface area contributed by atoms with Crippen molar-refractivity contribution in [1.29, 1.82) is 0 Å². The molecule has 0 radical (unpaired) electrons. The Morgan fingerprint density at radius 1 is 1.14 bits per heavy atom. The first-order chi connectivity index (χ1) is 9.77. The number of hydrogen-bond acceptors (Lipinski definition) is 3. The fourth-order valence-electron chi connectivity index (χ4n) is 2.12. The van der Waals surface area contributed by atoms with Crippen LogP contribution in [0.5, 0.6) is 11.6 Å². The largest absolute Gasteiger partial charge is 0.439 e. The predicted octanol–water partition coefficient (Wildman–Crippen LogP) is 4.68. The van der Waals surface area contributed by atoms with Crippen LogP contribution in [0, 0.1) is 6.92 Å². The summed E-state index contributed by atoms with van der Waals surface area (Å²) in [5.41, 5.74) is 2.89. The average molecular weight is 283 g/mol. The zero-order valence-corrected chi connectivity index (χ0v) is 13.2. The molecule has 0 saturated heterocycles. The Labute approximate surface area is 126 Å². The van der Waals surface area contributed by atoms with Crippen molar-refractivity contribution in [2.24, 2.45) is 0 Å². The first kappa shape index (κ1) is 15.2. The van der Waals surface area contributed by atoms with Gasteiger partial charge in [-0.2, -0.15) is 0 Å². The van der Waals surface area contributed by atoms with Crippen LogP contribution in [0.2, 0.25) is 0 Å². The molecule has 3 nitrogen and oxygen atoms in total. The fraction of sp³-hybridized carbons (Fsp3) is 0.333. The van der Waals surface area contributed by atoms with Gasteiger partial charge < -0.3 is 4.74 Å². The van der Waals surface area contributed by atoms with E-state index in [1.54, 1.807) is 18.3 Å². The summed E-state index contributed by atoms with van der Waals surface area (Å²) in [7, 11) is 0. The number of pyridine rings is 1. The SMILES string of the molecule is CC(=O)c1ccnc(Oc2ccc(C)cc2C(C)(C)C)c1. The summed E-state index contributed by atoms with van der Waals surface area (Å²) in [5.74, 6) is 1.22. The van der Waals surface area contributed by atoms with Crippen LogP contribution in [0.15, 0.2) is 36.5 Å². The first-order valence-corrected chi connectivity index (χ1v) is 7.03. The standard InChI is InChI=1S/C18H21NO2/c1-12-6-7-16(15(10-12)18(3,4)5)21-17-11-14(13(2)20)8-9-19-17/h6-11H,1-5H3.